The summed E-state index contributed by atoms with van der Waals surface area (Å²) in [4.78, 5) is 14.6. The van der Waals surface area contributed by atoms with Crippen LogP contribution in [0.4, 0.5) is 0 Å². The fraction of sp³-hybridized carbons (Fsp3) is 0.250. The van der Waals surface area contributed by atoms with E-state index >= 15 is 0 Å². The van der Waals surface area contributed by atoms with Crippen LogP contribution in [0.5, 0.6) is 5.75 Å². The Kier molecular flexibility index (Phi) is 2.92. The van der Waals surface area contributed by atoms with Gasteiger partial charge >= 0.3 is 0 Å². The van der Waals surface area contributed by atoms with Gasteiger partial charge in [0.1, 0.15) is 5.75 Å². The zero-order valence-electron chi connectivity index (χ0n) is 9.35. The van der Waals surface area contributed by atoms with Gasteiger partial charge in [-0.3, -0.25) is 4.79 Å². The van der Waals surface area contributed by atoms with E-state index < -0.39 is 0 Å². The molecule has 0 saturated carbocycles. The summed E-state index contributed by atoms with van der Waals surface area (Å²) in [5.41, 5.74) is 2.66. The summed E-state index contributed by atoms with van der Waals surface area (Å²) >= 11 is 2.22. The Morgan fingerprint density at radius 1 is 1.44 bits per heavy atom. The summed E-state index contributed by atoms with van der Waals surface area (Å²) in [7, 11) is 1.64. The molecule has 0 aliphatic rings. The molecule has 1 heterocycles. The van der Waals surface area contributed by atoms with Crippen molar-refractivity contribution >= 4 is 39.3 Å². The number of rotatable bonds is 2. The molecular formula is C12H12INO2. The number of methoxy groups -OCH3 is 1. The second-order valence-electron chi connectivity index (χ2n) is 3.69. The largest absolute Gasteiger partial charge is 0.496 e. The van der Waals surface area contributed by atoms with Crippen LogP contribution in [0.3, 0.4) is 0 Å². The molecule has 0 aliphatic carbocycles. The molecule has 3 nitrogen and oxygen atoms in total. The van der Waals surface area contributed by atoms with Gasteiger partial charge in [0.15, 0.2) is 5.78 Å². The number of ether oxygens (including phenoxy) is 1. The van der Waals surface area contributed by atoms with Gasteiger partial charge in [0, 0.05) is 12.3 Å². The lowest BCUT2D eigenvalue weighted by molar-refractivity contribution is 0.101. The monoisotopic (exact) mass is 329 g/mol. The fourth-order valence-corrected chi connectivity index (χ4v) is 2.68. The minimum Gasteiger partial charge on any atom is -0.496 e. The molecule has 1 N–H and O–H groups in total. The van der Waals surface area contributed by atoms with Gasteiger partial charge < -0.3 is 9.72 Å². The number of hydrogen-bond acceptors (Lipinski definition) is 2. The number of Topliss-reactive ketones (excluding diaryl/α,β-unsaturated/α-hetero) is 1. The Bertz CT molecular complexity index is 572. The van der Waals surface area contributed by atoms with Crippen molar-refractivity contribution in [2.75, 3.05) is 7.11 Å². The minimum absolute atomic E-state index is 0.0588. The number of carbonyl (C=O) groups is 1. The fourth-order valence-electron chi connectivity index (χ4n) is 1.85. The van der Waals surface area contributed by atoms with Crippen LogP contribution < -0.4 is 4.74 Å². The molecule has 0 amide bonds. The van der Waals surface area contributed by atoms with Crippen LogP contribution in [0, 0.1) is 10.5 Å². The highest BCUT2D eigenvalue weighted by Gasteiger charge is 2.14. The molecule has 0 atom stereocenters. The molecule has 2 aromatic rings. The third kappa shape index (κ3) is 1.61. The molecule has 0 unspecified atom stereocenters. The van der Waals surface area contributed by atoms with Crippen LogP contribution in [0.25, 0.3) is 10.9 Å². The first-order valence-electron chi connectivity index (χ1n) is 4.92. The van der Waals surface area contributed by atoms with E-state index in [0.29, 0.717) is 5.69 Å². The molecule has 1 aromatic heterocycles. The average Bonchev–Trinajstić information content (AvgIpc) is 2.58. The summed E-state index contributed by atoms with van der Waals surface area (Å²) in [6.07, 6.45) is 0. The molecule has 0 aliphatic heterocycles. The summed E-state index contributed by atoms with van der Waals surface area (Å²) in [6.45, 7) is 3.53. The normalized spacial score (nSPS) is 10.8. The molecule has 16 heavy (non-hydrogen) atoms. The van der Waals surface area contributed by atoms with Crippen LogP contribution in [0.15, 0.2) is 12.1 Å². The molecule has 0 radical (unpaired) electrons. The Balaban J connectivity index is 2.81. The van der Waals surface area contributed by atoms with Gasteiger partial charge in [-0.25, -0.2) is 0 Å². The lowest BCUT2D eigenvalue weighted by Crippen LogP contribution is -1.94. The van der Waals surface area contributed by atoms with Gasteiger partial charge in [0.05, 0.1) is 21.9 Å². The third-order valence-electron chi connectivity index (χ3n) is 2.71. The number of ketones is 1. The number of H-pyrrole nitrogens is 1. The minimum atomic E-state index is 0.0588. The van der Waals surface area contributed by atoms with E-state index in [1.807, 2.05) is 19.1 Å². The zero-order chi connectivity index (χ0) is 11.9. The van der Waals surface area contributed by atoms with Gasteiger partial charge in [0.2, 0.25) is 0 Å². The summed E-state index contributed by atoms with van der Waals surface area (Å²) in [6, 6.07) is 3.91. The van der Waals surface area contributed by atoms with E-state index in [1.165, 1.54) is 0 Å². The Hall–Kier alpha value is -1.04. The number of carbonyl (C=O) groups excluding carboxylic acids is 1. The first-order valence-corrected chi connectivity index (χ1v) is 5.99. The number of fused-ring (bicyclic) bond motifs is 1. The quantitative estimate of drug-likeness (QED) is 0.679. The van der Waals surface area contributed by atoms with Crippen molar-refractivity contribution in [3.8, 4) is 5.75 Å². The van der Waals surface area contributed by atoms with Crippen LogP contribution in [0.1, 0.15) is 23.0 Å². The molecule has 4 heteroatoms. The second kappa shape index (κ2) is 4.08. The highest BCUT2D eigenvalue weighted by atomic mass is 127. The zero-order valence-corrected chi connectivity index (χ0v) is 11.5. The van der Waals surface area contributed by atoms with Crippen molar-refractivity contribution in [1.29, 1.82) is 0 Å². The number of benzene rings is 1. The topological polar surface area (TPSA) is 42.1 Å². The maximum atomic E-state index is 11.4. The first kappa shape index (κ1) is 11.4. The Morgan fingerprint density at radius 3 is 2.69 bits per heavy atom. The maximum absolute atomic E-state index is 11.4. The van der Waals surface area contributed by atoms with E-state index in [9.17, 15) is 4.79 Å². The third-order valence-corrected chi connectivity index (χ3v) is 3.78. The lowest BCUT2D eigenvalue weighted by atomic mass is 10.1. The summed E-state index contributed by atoms with van der Waals surface area (Å²) in [5.74, 6) is 0.882. The number of halogens is 1. The maximum Gasteiger partial charge on any atom is 0.176 e. The van der Waals surface area contributed by atoms with Crippen molar-refractivity contribution in [2.45, 2.75) is 13.8 Å². The van der Waals surface area contributed by atoms with Gasteiger partial charge in [0.25, 0.3) is 0 Å². The van der Waals surface area contributed by atoms with Gasteiger partial charge in [-0.1, -0.05) is 0 Å². The van der Waals surface area contributed by atoms with Crippen molar-refractivity contribution in [1.82, 2.24) is 4.98 Å². The highest BCUT2D eigenvalue weighted by molar-refractivity contribution is 14.1. The number of aryl methyl sites for hydroxylation is 1. The lowest BCUT2D eigenvalue weighted by Gasteiger charge is -2.03. The highest BCUT2D eigenvalue weighted by Crippen LogP contribution is 2.32. The van der Waals surface area contributed by atoms with Gasteiger partial charge in [-0.05, 0) is 47.2 Å². The standard InChI is InChI=1S/C12H12INO2/c1-6-8-4-5-9(16-3)10(13)12(8)14-11(6)7(2)15/h4-5,14H,1-3H3. The number of aromatic nitrogens is 1. The van der Waals surface area contributed by atoms with E-state index in [1.54, 1.807) is 14.0 Å². The van der Waals surface area contributed by atoms with Crippen molar-refractivity contribution < 1.29 is 9.53 Å². The van der Waals surface area contributed by atoms with E-state index in [2.05, 4.69) is 27.6 Å². The molecule has 2 rings (SSSR count). The molecule has 0 saturated heterocycles. The smallest absolute Gasteiger partial charge is 0.176 e. The number of nitrogens with one attached hydrogen (secondary N) is 1. The van der Waals surface area contributed by atoms with Gasteiger partial charge in [-0.2, -0.15) is 0 Å². The van der Waals surface area contributed by atoms with E-state index in [0.717, 1.165) is 25.8 Å². The first-order chi connectivity index (χ1) is 7.56. The van der Waals surface area contributed by atoms with Crippen molar-refractivity contribution in [3.63, 3.8) is 0 Å². The number of hydrogen-bond donors (Lipinski definition) is 1. The van der Waals surface area contributed by atoms with Crippen LogP contribution in [-0.2, 0) is 0 Å². The van der Waals surface area contributed by atoms with Gasteiger partial charge in [-0.15, -0.1) is 0 Å². The molecule has 0 fully saturated rings. The van der Waals surface area contributed by atoms with Crippen LogP contribution >= 0.6 is 22.6 Å². The average molecular weight is 329 g/mol. The Labute approximate surface area is 107 Å². The van der Waals surface area contributed by atoms with E-state index in [-0.39, 0.29) is 5.78 Å². The van der Waals surface area contributed by atoms with Crippen molar-refractivity contribution in [2.24, 2.45) is 0 Å². The second-order valence-corrected chi connectivity index (χ2v) is 4.76. The SMILES string of the molecule is COc1ccc2c(C)c(C(C)=O)[nH]c2c1I. The molecule has 1 aromatic carbocycles. The number of aromatic amines is 1. The molecule has 0 bridgehead atoms. The summed E-state index contributed by atoms with van der Waals surface area (Å²) in [5, 5.41) is 1.08. The molecule has 84 valence electrons. The predicted octanol–water partition coefficient (Wildman–Crippen LogP) is 3.29. The Morgan fingerprint density at radius 2 is 2.12 bits per heavy atom. The molecule has 0 spiro atoms. The molecular weight excluding hydrogens is 317 g/mol. The predicted molar refractivity (Wildman–Crippen MR) is 72.3 cm³/mol. The van der Waals surface area contributed by atoms with Crippen molar-refractivity contribution in [3.05, 3.63) is 27.0 Å². The van der Waals surface area contributed by atoms with Crippen LogP contribution in [-0.4, -0.2) is 17.9 Å². The van der Waals surface area contributed by atoms with E-state index in [4.69, 9.17) is 4.74 Å². The van der Waals surface area contributed by atoms with Crippen LogP contribution in [0.2, 0.25) is 0 Å². The summed E-state index contributed by atoms with van der Waals surface area (Å²) < 4.78 is 6.26.